The predicted octanol–water partition coefficient (Wildman–Crippen LogP) is 1.24. The van der Waals surface area contributed by atoms with Crippen LogP contribution in [0.15, 0.2) is 23.4 Å². The molecule has 0 atom stereocenters. The SMILES string of the molecule is CSc1nc2nc(C)c(CC(=O)NNC(=O)c3ccc4c(c3)OCCO4)c(C)n2n1. The Morgan fingerprint density at radius 2 is 1.90 bits per heavy atom. The quantitative estimate of drug-likeness (QED) is 0.470. The van der Waals surface area contributed by atoms with E-state index in [0.717, 1.165) is 11.3 Å². The molecule has 156 valence electrons. The number of aromatic nitrogens is 4. The number of amides is 2. The Hall–Kier alpha value is -3.34. The fraction of sp³-hybridized carbons (Fsp3) is 0.316. The molecule has 3 aromatic rings. The molecule has 0 aliphatic carbocycles. The van der Waals surface area contributed by atoms with E-state index in [2.05, 4.69) is 25.9 Å². The van der Waals surface area contributed by atoms with Crippen LogP contribution in [0.1, 0.15) is 27.3 Å². The number of nitrogens with one attached hydrogen (secondary N) is 2. The highest BCUT2D eigenvalue weighted by atomic mass is 32.2. The first-order valence-electron chi connectivity index (χ1n) is 9.22. The summed E-state index contributed by atoms with van der Waals surface area (Å²) in [6.07, 6.45) is 1.92. The molecule has 0 bridgehead atoms. The molecule has 0 fully saturated rings. The molecular weight excluding hydrogens is 408 g/mol. The molecule has 1 aromatic carbocycles. The summed E-state index contributed by atoms with van der Waals surface area (Å²) in [6.45, 7) is 4.57. The number of rotatable bonds is 4. The highest BCUT2D eigenvalue weighted by Gasteiger charge is 2.18. The third-order valence-corrected chi connectivity index (χ3v) is 5.21. The lowest BCUT2D eigenvalue weighted by Gasteiger charge is -2.18. The Morgan fingerprint density at radius 3 is 2.67 bits per heavy atom. The van der Waals surface area contributed by atoms with E-state index < -0.39 is 5.91 Å². The van der Waals surface area contributed by atoms with Crippen LogP contribution in [0, 0.1) is 13.8 Å². The van der Waals surface area contributed by atoms with Crippen molar-refractivity contribution in [1.29, 1.82) is 0 Å². The number of carbonyl (C=O) groups excluding carboxylic acids is 2. The zero-order chi connectivity index (χ0) is 21.3. The van der Waals surface area contributed by atoms with Crippen molar-refractivity contribution < 1.29 is 19.1 Å². The van der Waals surface area contributed by atoms with E-state index in [0.29, 0.717) is 46.9 Å². The second kappa shape index (κ2) is 8.19. The first kappa shape index (κ1) is 20.0. The number of fused-ring (bicyclic) bond motifs is 2. The monoisotopic (exact) mass is 428 g/mol. The summed E-state index contributed by atoms with van der Waals surface area (Å²) in [7, 11) is 0. The van der Waals surface area contributed by atoms with Gasteiger partial charge < -0.3 is 9.47 Å². The lowest BCUT2D eigenvalue weighted by Crippen LogP contribution is -2.42. The van der Waals surface area contributed by atoms with Crippen molar-refractivity contribution in [3.05, 3.63) is 40.7 Å². The maximum absolute atomic E-state index is 12.4. The van der Waals surface area contributed by atoms with Crippen molar-refractivity contribution in [1.82, 2.24) is 30.4 Å². The van der Waals surface area contributed by atoms with E-state index in [-0.39, 0.29) is 12.3 Å². The number of benzene rings is 1. The van der Waals surface area contributed by atoms with E-state index in [1.807, 2.05) is 20.1 Å². The molecule has 30 heavy (non-hydrogen) atoms. The van der Waals surface area contributed by atoms with E-state index in [4.69, 9.17) is 9.47 Å². The Morgan fingerprint density at radius 1 is 1.13 bits per heavy atom. The van der Waals surface area contributed by atoms with Crippen molar-refractivity contribution >= 4 is 29.4 Å². The van der Waals surface area contributed by atoms with Crippen LogP contribution in [0.25, 0.3) is 5.78 Å². The predicted molar refractivity (Wildman–Crippen MR) is 109 cm³/mol. The van der Waals surface area contributed by atoms with Gasteiger partial charge in [-0.05, 0) is 38.3 Å². The first-order valence-corrected chi connectivity index (χ1v) is 10.4. The molecule has 1 aliphatic heterocycles. The van der Waals surface area contributed by atoms with Crippen LogP contribution >= 0.6 is 11.8 Å². The van der Waals surface area contributed by atoms with Gasteiger partial charge >= 0.3 is 0 Å². The minimum atomic E-state index is -0.455. The maximum Gasteiger partial charge on any atom is 0.269 e. The summed E-state index contributed by atoms with van der Waals surface area (Å²) < 4.78 is 12.5. The summed E-state index contributed by atoms with van der Waals surface area (Å²) in [5, 5.41) is 4.98. The van der Waals surface area contributed by atoms with Gasteiger partial charge in [-0.3, -0.25) is 20.4 Å². The van der Waals surface area contributed by atoms with Gasteiger partial charge in [0.15, 0.2) is 11.5 Å². The molecular formula is C19H20N6O4S. The van der Waals surface area contributed by atoms with Gasteiger partial charge in [0.25, 0.3) is 11.7 Å². The number of hydrogen-bond donors (Lipinski definition) is 2. The second-order valence-corrected chi connectivity index (χ2v) is 7.38. The fourth-order valence-electron chi connectivity index (χ4n) is 3.12. The molecule has 0 unspecified atom stereocenters. The molecule has 2 amide bonds. The first-order chi connectivity index (χ1) is 14.5. The molecule has 0 radical (unpaired) electrons. The number of hydrazine groups is 1. The normalized spacial score (nSPS) is 12.6. The van der Waals surface area contributed by atoms with Gasteiger partial charge in [0, 0.05) is 22.5 Å². The summed E-state index contributed by atoms with van der Waals surface area (Å²) in [5.74, 6) is 0.754. The van der Waals surface area contributed by atoms with E-state index in [1.54, 1.807) is 22.7 Å². The fourth-order valence-corrected chi connectivity index (χ4v) is 3.46. The number of nitrogens with zero attached hydrogens (tertiary/aromatic N) is 4. The number of carbonyl (C=O) groups is 2. The number of hydrogen-bond acceptors (Lipinski definition) is 8. The average Bonchev–Trinajstić information content (AvgIpc) is 3.18. The van der Waals surface area contributed by atoms with Crippen LogP contribution in [-0.4, -0.2) is 50.9 Å². The Kier molecular flexibility index (Phi) is 5.44. The van der Waals surface area contributed by atoms with Gasteiger partial charge in [-0.15, -0.1) is 5.10 Å². The number of thioether (sulfide) groups is 1. The van der Waals surface area contributed by atoms with Crippen molar-refractivity contribution in [3.8, 4) is 11.5 Å². The number of ether oxygens (including phenoxy) is 2. The highest BCUT2D eigenvalue weighted by Crippen LogP contribution is 2.30. The zero-order valence-corrected chi connectivity index (χ0v) is 17.5. The highest BCUT2D eigenvalue weighted by molar-refractivity contribution is 7.98. The van der Waals surface area contributed by atoms with Gasteiger partial charge in [-0.25, -0.2) is 9.50 Å². The summed E-state index contributed by atoms with van der Waals surface area (Å²) >= 11 is 1.42. The van der Waals surface area contributed by atoms with Crippen LogP contribution in [0.4, 0.5) is 0 Å². The summed E-state index contributed by atoms with van der Waals surface area (Å²) in [5.41, 5.74) is 7.40. The topological polar surface area (TPSA) is 120 Å². The number of aryl methyl sites for hydroxylation is 2. The molecule has 2 N–H and O–H groups in total. The standard InChI is InChI=1S/C19H20N6O4S/c1-10-13(11(2)25-18(20-10)21-19(24-25)30-3)9-16(26)22-23-17(27)12-4-5-14-15(8-12)29-7-6-28-14/h4-5,8H,6-7,9H2,1-3H3,(H,22,26)(H,23,27). The molecule has 11 heteroatoms. The van der Waals surface area contributed by atoms with E-state index >= 15 is 0 Å². The lowest BCUT2D eigenvalue weighted by atomic mass is 10.1. The lowest BCUT2D eigenvalue weighted by molar-refractivity contribution is -0.121. The van der Waals surface area contributed by atoms with Crippen molar-refractivity contribution in [2.45, 2.75) is 25.4 Å². The molecule has 2 aromatic heterocycles. The van der Waals surface area contributed by atoms with Crippen LogP contribution < -0.4 is 20.3 Å². The van der Waals surface area contributed by atoms with Gasteiger partial charge in [0.2, 0.25) is 11.1 Å². The Bertz CT molecular complexity index is 1150. The van der Waals surface area contributed by atoms with Gasteiger partial charge in [-0.2, -0.15) is 4.98 Å². The largest absolute Gasteiger partial charge is 0.486 e. The van der Waals surface area contributed by atoms with E-state index in [9.17, 15) is 9.59 Å². The Balaban J connectivity index is 1.43. The van der Waals surface area contributed by atoms with Crippen LogP contribution in [-0.2, 0) is 11.2 Å². The third-order valence-electron chi connectivity index (χ3n) is 4.67. The molecule has 1 aliphatic rings. The maximum atomic E-state index is 12.4. The van der Waals surface area contributed by atoms with E-state index in [1.165, 1.54) is 11.8 Å². The molecule has 10 nitrogen and oxygen atoms in total. The van der Waals surface area contributed by atoms with Crippen molar-refractivity contribution in [2.24, 2.45) is 0 Å². The van der Waals surface area contributed by atoms with Crippen LogP contribution in [0.5, 0.6) is 11.5 Å². The summed E-state index contributed by atoms with van der Waals surface area (Å²) in [4.78, 5) is 33.6. The third kappa shape index (κ3) is 3.88. The average molecular weight is 428 g/mol. The Labute approximate surface area is 176 Å². The minimum Gasteiger partial charge on any atom is -0.486 e. The van der Waals surface area contributed by atoms with Crippen LogP contribution in [0.2, 0.25) is 0 Å². The van der Waals surface area contributed by atoms with Gasteiger partial charge in [0.05, 0.1) is 6.42 Å². The second-order valence-electron chi connectivity index (χ2n) is 6.61. The van der Waals surface area contributed by atoms with Gasteiger partial charge in [0.1, 0.15) is 13.2 Å². The smallest absolute Gasteiger partial charge is 0.269 e. The molecule has 4 rings (SSSR count). The van der Waals surface area contributed by atoms with Crippen LogP contribution in [0.3, 0.4) is 0 Å². The molecule has 3 heterocycles. The molecule has 0 spiro atoms. The summed E-state index contributed by atoms with van der Waals surface area (Å²) in [6, 6.07) is 4.85. The molecule has 0 saturated heterocycles. The zero-order valence-electron chi connectivity index (χ0n) is 16.7. The van der Waals surface area contributed by atoms with Crippen molar-refractivity contribution in [2.75, 3.05) is 19.5 Å². The molecule has 0 saturated carbocycles. The van der Waals surface area contributed by atoms with Gasteiger partial charge in [-0.1, -0.05) is 11.8 Å². The minimum absolute atomic E-state index is 0.0382. The van der Waals surface area contributed by atoms with Crippen molar-refractivity contribution in [3.63, 3.8) is 0 Å².